The van der Waals surface area contributed by atoms with Crippen LogP contribution in [-0.2, 0) is 32.5 Å². The number of rotatable bonds is 4. The summed E-state index contributed by atoms with van der Waals surface area (Å²) < 4.78 is 9.43. The molecule has 0 saturated heterocycles. The molecule has 0 bridgehead atoms. The number of benzene rings is 7. The van der Waals surface area contributed by atoms with Crippen LogP contribution in [0.2, 0.25) is 0 Å². The third kappa shape index (κ3) is 7.19. The molecule has 0 fully saturated rings. The zero-order valence-electron chi connectivity index (χ0n) is 46.3. The maximum absolute atomic E-state index is 7.17. The maximum Gasteiger partial charge on any atom is 0.137 e. The van der Waals surface area contributed by atoms with E-state index in [9.17, 15) is 0 Å². The van der Waals surface area contributed by atoms with Crippen molar-refractivity contribution < 1.29 is 4.74 Å². The van der Waals surface area contributed by atoms with Crippen molar-refractivity contribution in [2.45, 2.75) is 136 Å². The van der Waals surface area contributed by atoms with Crippen molar-refractivity contribution in [3.05, 3.63) is 202 Å². The summed E-state index contributed by atoms with van der Waals surface area (Å²) in [4.78, 5) is 9.95. The number of para-hydroxylation sites is 2. The minimum absolute atomic E-state index is 0.0450. The van der Waals surface area contributed by atoms with Crippen molar-refractivity contribution in [2.75, 3.05) is 16.5 Å². The number of aromatic nitrogens is 2. The minimum Gasteiger partial charge on any atom is -0.457 e. The number of fused-ring (bicyclic) bond motifs is 12. The lowest BCUT2D eigenvalue weighted by Crippen LogP contribution is -2.40. The Kier molecular flexibility index (Phi) is 10.3. The van der Waals surface area contributed by atoms with E-state index in [-0.39, 0.29) is 27.1 Å². The molecule has 5 heteroatoms. The van der Waals surface area contributed by atoms with E-state index in [1.165, 1.54) is 89.3 Å². The van der Waals surface area contributed by atoms with Crippen LogP contribution in [-0.4, -0.2) is 16.2 Å². The van der Waals surface area contributed by atoms with Crippen molar-refractivity contribution in [1.29, 1.82) is 0 Å². The molecule has 0 unspecified atom stereocenters. The van der Waals surface area contributed by atoms with Crippen molar-refractivity contribution in [3.8, 4) is 28.4 Å². The fourth-order valence-electron chi connectivity index (χ4n) is 12.6. The standard InChI is InChI=1S/C69H72N4O/c1-64(2,3)42-26-28-45(29-27-42)71-41-72-59-40-47(74-46-30-32-49-48-21-16-17-23-56(48)73(58(49)39-46)60-25-18-19-34-70-60)31-33-52(59)69(53-22-20-24-57(71)63(53)72)61-50(35-43(65(4,5)6)37-54(61)67(10,11)12)51-36-44(66(7,8)9)38-55(62(51)69)68(13,14)15/h16-40H,41H2,1-15H3. The van der Waals surface area contributed by atoms with Crippen LogP contribution in [0.1, 0.15) is 154 Å². The van der Waals surface area contributed by atoms with Crippen molar-refractivity contribution >= 4 is 44.6 Å². The Labute approximate surface area is 439 Å². The molecule has 9 aromatic rings. The molecule has 4 heterocycles. The second kappa shape index (κ2) is 15.9. The molecule has 3 aliphatic rings. The van der Waals surface area contributed by atoms with Crippen molar-refractivity contribution in [3.63, 3.8) is 0 Å². The van der Waals surface area contributed by atoms with Gasteiger partial charge in [-0.15, -0.1) is 0 Å². The Morgan fingerprint density at radius 1 is 0.446 bits per heavy atom. The van der Waals surface area contributed by atoms with Gasteiger partial charge in [0, 0.05) is 34.8 Å². The van der Waals surface area contributed by atoms with Gasteiger partial charge in [0.05, 0.1) is 33.5 Å². The second-order valence-corrected chi connectivity index (χ2v) is 26.6. The van der Waals surface area contributed by atoms with Crippen molar-refractivity contribution in [1.82, 2.24) is 9.55 Å². The summed E-state index contributed by atoms with van der Waals surface area (Å²) in [6.45, 7) is 36.3. The average Bonchev–Trinajstić information content (AvgIpc) is 3.99. The first kappa shape index (κ1) is 47.9. The number of anilines is 4. The molecule has 0 atom stereocenters. The zero-order chi connectivity index (χ0) is 52.2. The fraction of sp³-hybridized carbons (Fsp3) is 0.319. The lowest BCUT2D eigenvalue weighted by atomic mass is 9.59. The second-order valence-electron chi connectivity index (χ2n) is 26.6. The van der Waals surface area contributed by atoms with Crippen LogP contribution in [0, 0.1) is 0 Å². The first-order chi connectivity index (χ1) is 34.8. The molecule has 12 rings (SSSR count). The monoisotopic (exact) mass is 973 g/mol. The molecular weight excluding hydrogens is 901 g/mol. The van der Waals surface area contributed by atoms with Crippen LogP contribution in [0.15, 0.2) is 152 Å². The molecule has 7 aromatic carbocycles. The lowest BCUT2D eigenvalue weighted by molar-refractivity contribution is 0.482. The number of pyridine rings is 1. The Balaban J connectivity index is 1.16. The van der Waals surface area contributed by atoms with Gasteiger partial charge in [0.25, 0.3) is 0 Å². The first-order valence-corrected chi connectivity index (χ1v) is 26.8. The van der Waals surface area contributed by atoms with E-state index in [0.717, 1.165) is 33.7 Å². The first-order valence-electron chi connectivity index (χ1n) is 26.8. The van der Waals surface area contributed by atoms with Crippen LogP contribution in [0.25, 0.3) is 38.8 Å². The summed E-state index contributed by atoms with van der Waals surface area (Å²) in [5, 5.41) is 2.35. The molecule has 2 aliphatic heterocycles. The average molecular weight is 973 g/mol. The topological polar surface area (TPSA) is 33.5 Å². The molecular formula is C69H72N4O. The molecule has 1 aliphatic carbocycles. The van der Waals surface area contributed by atoms with E-state index >= 15 is 0 Å². The zero-order valence-corrected chi connectivity index (χ0v) is 46.3. The highest BCUT2D eigenvalue weighted by molar-refractivity contribution is 6.09. The van der Waals surface area contributed by atoms with Crippen LogP contribution in [0.3, 0.4) is 0 Å². The quantitative estimate of drug-likeness (QED) is 0.176. The molecule has 5 nitrogen and oxygen atoms in total. The van der Waals surface area contributed by atoms with E-state index in [0.29, 0.717) is 6.67 Å². The van der Waals surface area contributed by atoms with Gasteiger partial charge in [0.15, 0.2) is 0 Å². The molecule has 2 aromatic heterocycles. The highest BCUT2D eigenvalue weighted by Crippen LogP contribution is 2.68. The molecule has 74 heavy (non-hydrogen) atoms. The third-order valence-corrected chi connectivity index (χ3v) is 16.4. The smallest absolute Gasteiger partial charge is 0.137 e. The van der Waals surface area contributed by atoms with Gasteiger partial charge in [-0.1, -0.05) is 183 Å². The molecule has 374 valence electrons. The lowest BCUT2D eigenvalue weighted by Gasteiger charge is -2.46. The third-order valence-electron chi connectivity index (χ3n) is 16.4. The van der Waals surface area contributed by atoms with Gasteiger partial charge >= 0.3 is 0 Å². The van der Waals surface area contributed by atoms with Gasteiger partial charge in [0.2, 0.25) is 0 Å². The Morgan fingerprint density at radius 2 is 1.03 bits per heavy atom. The van der Waals surface area contributed by atoms with Crippen LogP contribution >= 0.6 is 0 Å². The van der Waals surface area contributed by atoms with E-state index in [2.05, 4.69) is 258 Å². The highest BCUT2D eigenvalue weighted by atomic mass is 16.5. The fourth-order valence-corrected chi connectivity index (χ4v) is 12.6. The minimum atomic E-state index is -0.674. The van der Waals surface area contributed by atoms with E-state index < -0.39 is 5.41 Å². The van der Waals surface area contributed by atoms with Gasteiger partial charge in [-0.25, -0.2) is 4.98 Å². The summed E-state index contributed by atoms with van der Waals surface area (Å²) in [7, 11) is 0. The van der Waals surface area contributed by atoms with E-state index in [1.807, 2.05) is 12.3 Å². The summed E-state index contributed by atoms with van der Waals surface area (Å²) in [6.07, 6.45) is 1.86. The Morgan fingerprint density at radius 3 is 1.62 bits per heavy atom. The van der Waals surface area contributed by atoms with Gasteiger partial charge < -0.3 is 14.5 Å². The van der Waals surface area contributed by atoms with Crippen LogP contribution in [0.5, 0.6) is 11.5 Å². The van der Waals surface area contributed by atoms with Gasteiger partial charge in [0.1, 0.15) is 24.0 Å². The Bertz CT molecular complexity index is 3660. The van der Waals surface area contributed by atoms with Gasteiger partial charge in [-0.3, -0.25) is 4.57 Å². The number of ether oxygens (including phenoxy) is 1. The molecule has 0 amide bonds. The number of hydrogen-bond donors (Lipinski definition) is 0. The molecule has 0 saturated carbocycles. The maximum atomic E-state index is 7.17. The predicted molar refractivity (Wildman–Crippen MR) is 311 cm³/mol. The van der Waals surface area contributed by atoms with E-state index in [1.54, 1.807) is 0 Å². The summed E-state index contributed by atoms with van der Waals surface area (Å²) in [6, 6.07) is 55.0. The van der Waals surface area contributed by atoms with Gasteiger partial charge in [-0.05, 0) is 143 Å². The van der Waals surface area contributed by atoms with Crippen molar-refractivity contribution in [2.24, 2.45) is 0 Å². The predicted octanol–water partition coefficient (Wildman–Crippen LogP) is 18.4. The van der Waals surface area contributed by atoms with E-state index in [4.69, 9.17) is 9.72 Å². The summed E-state index contributed by atoms with van der Waals surface area (Å²) in [5.41, 5.74) is 20.9. The summed E-state index contributed by atoms with van der Waals surface area (Å²) in [5.74, 6) is 2.45. The van der Waals surface area contributed by atoms with Crippen LogP contribution in [0.4, 0.5) is 22.7 Å². The Hall–Kier alpha value is -7.11. The summed E-state index contributed by atoms with van der Waals surface area (Å²) >= 11 is 0. The molecule has 0 radical (unpaired) electrons. The normalized spacial score (nSPS) is 15.0. The SMILES string of the molecule is CC(C)(C)c1ccc(N2CN3c4cc(Oc5ccc6c7ccccc7n(-c7ccccn7)c6c5)ccc4C4(c5cccc2c53)c2c(cc(C(C)(C)C)cc2C(C)(C)C)-c2cc(C(C)(C)C)cc(C(C)(C)C)c24)cc1. The largest absolute Gasteiger partial charge is 0.457 e. The molecule has 0 N–H and O–H groups in total. The highest BCUT2D eigenvalue weighted by Gasteiger charge is 2.57. The number of nitrogens with zero attached hydrogens (tertiary/aromatic N) is 4. The van der Waals surface area contributed by atoms with Gasteiger partial charge in [-0.2, -0.15) is 0 Å². The molecule has 1 spiro atoms. The number of hydrogen-bond acceptors (Lipinski definition) is 4. The van der Waals surface area contributed by atoms with Crippen LogP contribution < -0.4 is 14.5 Å².